The van der Waals surface area contributed by atoms with E-state index in [2.05, 4.69) is 10.0 Å². The molecule has 1 amide bonds. The van der Waals surface area contributed by atoms with Crippen LogP contribution in [0.15, 0.2) is 35.2 Å². The molecule has 130 valence electrons. The molecular formula is C15H16Cl2N2O3S2. The summed E-state index contributed by atoms with van der Waals surface area (Å²) in [6.45, 7) is 2.35. The molecule has 0 unspecified atom stereocenters. The fourth-order valence-electron chi connectivity index (χ4n) is 1.90. The first-order valence-corrected chi connectivity index (χ1v) is 10.2. The second-order valence-electron chi connectivity index (χ2n) is 4.97. The van der Waals surface area contributed by atoms with Gasteiger partial charge in [-0.1, -0.05) is 42.6 Å². The maximum absolute atomic E-state index is 12.2. The molecule has 0 spiro atoms. The summed E-state index contributed by atoms with van der Waals surface area (Å²) in [5, 5.41) is 2.62. The van der Waals surface area contributed by atoms with Crippen LogP contribution in [0.25, 0.3) is 0 Å². The Morgan fingerprint density at radius 1 is 1.25 bits per heavy atom. The zero-order valence-electron chi connectivity index (χ0n) is 12.8. The SMILES string of the molecule is CCCCNS(=O)(=O)c1cccc(NC(=O)c2cc(Cl)sc2Cl)c1. The molecule has 1 aromatic carbocycles. The number of sulfonamides is 1. The number of carbonyl (C=O) groups is 1. The zero-order valence-corrected chi connectivity index (χ0v) is 16.0. The van der Waals surface area contributed by atoms with Gasteiger partial charge in [-0.05, 0) is 30.7 Å². The first-order chi connectivity index (χ1) is 11.3. The second kappa shape index (κ2) is 8.31. The van der Waals surface area contributed by atoms with Gasteiger partial charge in [-0.3, -0.25) is 4.79 Å². The standard InChI is InChI=1S/C15H16Cl2N2O3S2/c1-2-3-7-18-24(21,22)11-6-4-5-10(8-11)19-15(20)12-9-13(16)23-14(12)17/h4-6,8-9,18H,2-3,7H2,1H3,(H,19,20). The van der Waals surface area contributed by atoms with Gasteiger partial charge in [0.2, 0.25) is 10.0 Å². The van der Waals surface area contributed by atoms with Gasteiger partial charge >= 0.3 is 0 Å². The van der Waals surface area contributed by atoms with E-state index in [4.69, 9.17) is 23.2 Å². The Bertz CT molecular complexity index is 835. The van der Waals surface area contributed by atoms with Crippen LogP contribution in [0, 0.1) is 0 Å². The highest BCUT2D eigenvalue weighted by Gasteiger charge is 2.17. The number of anilines is 1. The van der Waals surface area contributed by atoms with E-state index in [9.17, 15) is 13.2 Å². The van der Waals surface area contributed by atoms with Crippen LogP contribution in [-0.4, -0.2) is 20.9 Å². The monoisotopic (exact) mass is 406 g/mol. The second-order valence-corrected chi connectivity index (χ2v) is 9.02. The van der Waals surface area contributed by atoms with Gasteiger partial charge in [-0.2, -0.15) is 0 Å². The number of unbranched alkanes of at least 4 members (excludes halogenated alkanes) is 1. The number of hydrogen-bond donors (Lipinski definition) is 2. The molecule has 2 N–H and O–H groups in total. The summed E-state index contributed by atoms with van der Waals surface area (Å²) < 4.78 is 27.6. The molecule has 0 aliphatic rings. The van der Waals surface area contributed by atoms with Crippen molar-refractivity contribution in [3.05, 3.63) is 44.6 Å². The van der Waals surface area contributed by atoms with E-state index in [1.165, 1.54) is 18.2 Å². The molecule has 5 nitrogen and oxygen atoms in total. The van der Waals surface area contributed by atoms with Gasteiger partial charge in [-0.15, -0.1) is 11.3 Å². The number of halogens is 2. The number of thiophene rings is 1. The Kier molecular flexibility index (Phi) is 6.65. The van der Waals surface area contributed by atoms with E-state index in [1.807, 2.05) is 6.92 Å². The molecule has 0 aliphatic carbocycles. The largest absolute Gasteiger partial charge is 0.322 e. The summed E-state index contributed by atoms with van der Waals surface area (Å²) in [4.78, 5) is 12.3. The molecule has 2 rings (SSSR count). The summed E-state index contributed by atoms with van der Waals surface area (Å²) in [5.74, 6) is -0.448. The summed E-state index contributed by atoms with van der Waals surface area (Å²) in [5.41, 5.74) is 0.609. The number of nitrogens with one attached hydrogen (secondary N) is 2. The van der Waals surface area contributed by atoms with Gasteiger partial charge in [-0.25, -0.2) is 13.1 Å². The molecule has 0 atom stereocenters. The molecule has 24 heavy (non-hydrogen) atoms. The number of amides is 1. The van der Waals surface area contributed by atoms with Crippen LogP contribution in [0.4, 0.5) is 5.69 Å². The van der Waals surface area contributed by atoms with Gasteiger partial charge in [0.25, 0.3) is 5.91 Å². The van der Waals surface area contributed by atoms with Gasteiger partial charge in [0.05, 0.1) is 14.8 Å². The lowest BCUT2D eigenvalue weighted by atomic mass is 10.3. The summed E-state index contributed by atoms with van der Waals surface area (Å²) in [6.07, 6.45) is 1.65. The Balaban J connectivity index is 2.15. The van der Waals surface area contributed by atoms with Crippen molar-refractivity contribution < 1.29 is 13.2 Å². The molecule has 0 bridgehead atoms. The molecule has 1 heterocycles. The van der Waals surface area contributed by atoms with Crippen LogP contribution < -0.4 is 10.0 Å². The molecule has 0 saturated carbocycles. The van der Waals surface area contributed by atoms with Gasteiger partial charge in [0.1, 0.15) is 4.34 Å². The van der Waals surface area contributed by atoms with E-state index >= 15 is 0 Å². The first kappa shape index (κ1) is 19.2. The van der Waals surface area contributed by atoms with Crippen molar-refractivity contribution in [2.24, 2.45) is 0 Å². The minimum Gasteiger partial charge on any atom is -0.322 e. The Morgan fingerprint density at radius 2 is 2.00 bits per heavy atom. The van der Waals surface area contributed by atoms with Crippen molar-refractivity contribution in [3.63, 3.8) is 0 Å². The number of benzene rings is 1. The minimum absolute atomic E-state index is 0.0888. The van der Waals surface area contributed by atoms with Gasteiger partial charge in [0.15, 0.2) is 0 Å². The third kappa shape index (κ3) is 4.94. The number of carbonyl (C=O) groups excluding carboxylic acids is 1. The van der Waals surface area contributed by atoms with E-state index in [0.29, 0.717) is 16.6 Å². The average molecular weight is 407 g/mol. The molecule has 0 aliphatic heterocycles. The molecule has 0 radical (unpaired) electrons. The van der Waals surface area contributed by atoms with Crippen molar-refractivity contribution >= 4 is 56.2 Å². The Labute approximate surface area is 155 Å². The van der Waals surface area contributed by atoms with Crippen LogP contribution in [-0.2, 0) is 10.0 Å². The molecule has 0 saturated heterocycles. The zero-order chi connectivity index (χ0) is 17.7. The van der Waals surface area contributed by atoms with Gasteiger partial charge in [0, 0.05) is 12.2 Å². The van der Waals surface area contributed by atoms with Crippen molar-refractivity contribution in [2.45, 2.75) is 24.7 Å². The molecule has 2 aromatic rings. The van der Waals surface area contributed by atoms with Crippen molar-refractivity contribution in [1.82, 2.24) is 4.72 Å². The lowest BCUT2D eigenvalue weighted by Gasteiger charge is -2.09. The van der Waals surface area contributed by atoms with E-state index < -0.39 is 15.9 Å². The maximum Gasteiger partial charge on any atom is 0.258 e. The fraction of sp³-hybridized carbons (Fsp3) is 0.267. The van der Waals surface area contributed by atoms with Crippen LogP contribution in [0.3, 0.4) is 0 Å². The maximum atomic E-state index is 12.2. The number of hydrogen-bond acceptors (Lipinski definition) is 4. The summed E-state index contributed by atoms with van der Waals surface area (Å²) >= 11 is 12.9. The number of rotatable bonds is 7. The topological polar surface area (TPSA) is 75.3 Å². The van der Waals surface area contributed by atoms with Crippen LogP contribution >= 0.6 is 34.5 Å². The Hall–Kier alpha value is -1.12. The lowest BCUT2D eigenvalue weighted by molar-refractivity contribution is 0.102. The predicted molar refractivity (Wildman–Crippen MR) is 98.8 cm³/mol. The van der Waals surface area contributed by atoms with E-state index in [0.717, 1.165) is 24.2 Å². The van der Waals surface area contributed by atoms with E-state index in [1.54, 1.807) is 12.1 Å². The molecule has 0 fully saturated rings. The molecule has 9 heteroatoms. The molecule has 1 aromatic heterocycles. The van der Waals surface area contributed by atoms with Crippen molar-refractivity contribution in [1.29, 1.82) is 0 Å². The molecular weight excluding hydrogens is 391 g/mol. The van der Waals surface area contributed by atoms with Crippen molar-refractivity contribution in [2.75, 3.05) is 11.9 Å². The highest BCUT2D eigenvalue weighted by atomic mass is 35.5. The quantitative estimate of drug-likeness (QED) is 0.669. The smallest absolute Gasteiger partial charge is 0.258 e. The predicted octanol–water partition coefficient (Wildman–Crippen LogP) is 4.39. The average Bonchev–Trinajstić information content (AvgIpc) is 2.86. The van der Waals surface area contributed by atoms with Crippen LogP contribution in [0.2, 0.25) is 8.67 Å². The fourth-order valence-corrected chi connectivity index (χ4v) is 4.48. The minimum atomic E-state index is -3.61. The normalized spacial score (nSPS) is 11.5. The van der Waals surface area contributed by atoms with Gasteiger partial charge < -0.3 is 5.32 Å². The lowest BCUT2D eigenvalue weighted by Crippen LogP contribution is -2.24. The summed E-state index contributed by atoms with van der Waals surface area (Å²) in [7, 11) is -3.61. The Morgan fingerprint density at radius 3 is 2.62 bits per heavy atom. The van der Waals surface area contributed by atoms with E-state index in [-0.39, 0.29) is 14.8 Å². The summed E-state index contributed by atoms with van der Waals surface area (Å²) in [6, 6.07) is 7.50. The third-order valence-corrected chi connectivity index (χ3v) is 6.07. The van der Waals surface area contributed by atoms with Crippen LogP contribution in [0.1, 0.15) is 30.1 Å². The highest BCUT2D eigenvalue weighted by Crippen LogP contribution is 2.31. The van der Waals surface area contributed by atoms with Crippen molar-refractivity contribution in [3.8, 4) is 0 Å². The third-order valence-electron chi connectivity index (χ3n) is 3.13. The van der Waals surface area contributed by atoms with Crippen LogP contribution in [0.5, 0.6) is 0 Å². The first-order valence-electron chi connectivity index (χ1n) is 7.19. The highest BCUT2D eigenvalue weighted by molar-refractivity contribution is 7.89.